The summed E-state index contributed by atoms with van der Waals surface area (Å²) < 4.78 is 11.2. The van der Waals surface area contributed by atoms with Crippen molar-refractivity contribution in [3.8, 4) is 11.2 Å². The normalized spacial score (nSPS) is 7.75. The van der Waals surface area contributed by atoms with Gasteiger partial charge in [-0.15, -0.1) is 0 Å². The Hall–Kier alpha value is -0.160. The monoisotopic (exact) mass is 132 g/mol. The Labute approximate surface area is 54.1 Å². The third-order valence-corrected chi connectivity index (χ3v) is 0.988. The van der Waals surface area contributed by atoms with Crippen molar-refractivity contribution in [2.24, 2.45) is 0 Å². The highest BCUT2D eigenvalue weighted by Crippen LogP contribution is 1.96. The van der Waals surface area contributed by atoms with E-state index in [0.717, 1.165) is 19.3 Å². The second-order valence-corrected chi connectivity index (χ2v) is 1.82. The lowest BCUT2D eigenvalue weighted by Gasteiger charge is -1.80. The van der Waals surface area contributed by atoms with Crippen molar-refractivity contribution >= 4 is 12.1 Å². The lowest BCUT2D eigenvalue weighted by molar-refractivity contribution is 0.828. The average molecular weight is 132 g/mol. The fraction of sp³-hybridized carbons (Fsp3) is 0.667. The van der Waals surface area contributed by atoms with Gasteiger partial charge in [-0.3, -0.25) is 0 Å². The van der Waals surface area contributed by atoms with E-state index in [1.54, 1.807) is 0 Å². The molecule has 0 amide bonds. The summed E-state index contributed by atoms with van der Waals surface area (Å²) in [6.07, 6.45) is 3.03. The van der Waals surface area contributed by atoms with Crippen molar-refractivity contribution in [2.75, 3.05) is 0 Å². The highest BCUT2D eigenvalue weighted by atomic mass is 32.2. The summed E-state index contributed by atoms with van der Waals surface area (Å²) >= 11 is 0.0910. The zero-order valence-electron chi connectivity index (χ0n) is 4.91. The smallest absolute Gasteiger partial charge is 0.134 e. The molecule has 0 atom stereocenters. The Morgan fingerprint density at radius 2 is 2.38 bits per heavy atom. The van der Waals surface area contributed by atoms with Gasteiger partial charge in [0.15, 0.2) is 0 Å². The largest absolute Gasteiger partial charge is 0.150 e. The highest BCUT2D eigenvalue weighted by Gasteiger charge is 1.74. The fourth-order valence-corrected chi connectivity index (χ4v) is 0.500. The molecule has 0 aromatic carbocycles. The van der Waals surface area contributed by atoms with Crippen LogP contribution in [0.25, 0.3) is 0 Å². The standard InChI is InChI=1S/C6H9FS/c1-2-3-4-5-6-8-7/h2-4H2,1H3. The molecule has 0 heterocycles. The maximum Gasteiger partial charge on any atom is 0.134 e. The maximum absolute atomic E-state index is 11.2. The van der Waals surface area contributed by atoms with Crippen LogP contribution in [-0.4, -0.2) is 0 Å². The molecule has 0 unspecified atom stereocenters. The van der Waals surface area contributed by atoms with Crippen LogP contribution in [0.4, 0.5) is 3.89 Å². The molecular weight excluding hydrogens is 123 g/mol. The van der Waals surface area contributed by atoms with E-state index in [4.69, 9.17) is 0 Å². The van der Waals surface area contributed by atoms with Gasteiger partial charge in [-0.25, -0.2) is 0 Å². The van der Waals surface area contributed by atoms with Gasteiger partial charge in [0.2, 0.25) is 0 Å². The summed E-state index contributed by atoms with van der Waals surface area (Å²) in [5.74, 6) is 2.67. The van der Waals surface area contributed by atoms with Crippen molar-refractivity contribution in [1.82, 2.24) is 0 Å². The van der Waals surface area contributed by atoms with Crippen LogP contribution < -0.4 is 0 Å². The first-order valence-corrected chi connectivity index (χ1v) is 3.39. The first-order valence-electron chi connectivity index (χ1n) is 2.67. The van der Waals surface area contributed by atoms with Gasteiger partial charge in [0.05, 0.1) is 0 Å². The topological polar surface area (TPSA) is 0 Å². The number of halogens is 1. The molecule has 0 nitrogen and oxygen atoms in total. The van der Waals surface area contributed by atoms with E-state index in [0.29, 0.717) is 0 Å². The third-order valence-electron chi connectivity index (χ3n) is 0.766. The summed E-state index contributed by atoms with van der Waals surface area (Å²) in [4.78, 5) is 0. The lowest BCUT2D eigenvalue weighted by atomic mass is 10.3. The predicted octanol–water partition coefficient (Wildman–Crippen LogP) is 2.76. The molecule has 0 aliphatic carbocycles. The Bertz CT molecular complexity index is 90.4. The van der Waals surface area contributed by atoms with Gasteiger partial charge in [-0.2, -0.15) is 3.89 Å². The summed E-state index contributed by atoms with van der Waals surface area (Å²) in [6.45, 7) is 2.09. The van der Waals surface area contributed by atoms with Crippen LogP contribution in [0.5, 0.6) is 0 Å². The van der Waals surface area contributed by atoms with Gasteiger partial charge < -0.3 is 0 Å². The van der Waals surface area contributed by atoms with E-state index in [9.17, 15) is 3.89 Å². The minimum absolute atomic E-state index is 0.0910. The zero-order valence-corrected chi connectivity index (χ0v) is 5.72. The van der Waals surface area contributed by atoms with Crippen molar-refractivity contribution < 1.29 is 3.89 Å². The summed E-state index contributed by atoms with van der Waals surface area (Å²) in [5.41, 5.74) is 0. The Kier molecular flexibility index (Phi) is 6.70. The van der Waals surface area contributed by atoms with Crippen molar-refractivity contribution in [3.63, 3.8) is 0 Å². The van der Waals surface area contributed by atoms with Gasteiger partial charge in [0.25, 0.3) is 0 Å². The zero-order chi connectivity index (χ0) is 6.24. The van der Waals surface area contributed by atoms with E-state index in [-0.39, 0.29) is 12.1 Å². The molecule has 0 radical (unpaired) electrons. The summed E-state index contributed by atoms with van der Waals surface area (Å²) in [5, 5.41) is 2.28. The molecule has 8 heavy (non-hydrogen) atoms. The molecule has 0 aliphatic rings. The number of hydrogen-bond donors (Lipinski definition) is 0. The molecule has 46 valence electrons. The van der Waals surface area contributed by atoms with Crippen LogP contribution in [0, 0.1) is 11.2 Å². The van der Waals surface area contributed by atoms with Crippen molar-refractivity contribution in [3.05, 3.63) is 0 Å². The van der Waals surface area contributed by atoms with Gasteiger partial charge >= 0.3 is 0 Å². The van der Waals surface area contributed by atoms with Gasteiger partial charge in [-0.05, 0) is 6.42 Å². The van der Waals surface area contributed by atoms with E-state index >= 15 is 0 Å². The molecule has 0 rings (SSSR count). The molecule has 0 saturated carbocycles. The van der Waals surface area contributed by atoms with Crippen LogP contribution in [0.15, 0.2) is 0 Å². The fourth-order valence-electron chi connectivity index (χ4n) is 0.343. The van der Waals surface area contributed by atoms with Crippen molar-refractivity contribution in [2.45, 2.75) is 26.2 Å². The maximum atomic E-state index is 11.2. The first-order chi connectivity index (χ1) is 3.91. The lowest BCUT2D eigenvalue weighted by Crippen LogP contribution is -1.64. The Morgan fingerprint density at radius 3 is 2.88 bits per heavy atom. The average Bonchev–Trinajstić information content (AvgIpc) is 1.81. The number of hydrogen-bond acceptors (Lipinski definition) is 1. The Balaban J connectivity index is 2.90. The molecule has 0 fully saturated rings. The van der Waals surface area contributed by atoms with Gasteiger partial charge in [0, 0.05) is 11.7 Å². The second kappa shape index (κ2) is 6.84. The molecule has 0 bridgehead atoms. The first kappa shape index (κ1) is 7.84. The van der Waals surface area contributed by atoms with E-state index < -0.39 is 0 Å². The molecule has 0 N–H and O–H groups in total. The molecule has 0 aromatic heterocycles. The van der Waals surface area contributed by atoms with E-state index in [1.165, 1.54) is 0 Å². The second-order valence-electron chi connectivity index (χ2n) is 1.46. The van der Waals surface area contributed by atoms with E-state index in [2.05, 4.69) is 18.1 Å². The molecule has 0 spiro atoms. The van der Waals surface area contributed by atoms with Crippen molar-refractivity contribution in [1.29, 1.82) is 0 Å². The highest BCUT2D eigenvalue weighted by molar-refractivity contribution is 7.99. The molecule has 2 heteroatoms. The number of rotatable bonds is 2. The van der Waals surface area contributed by atoms with Crippen LogP contribution in [-0.2, 0) is 0 Å². The predicted molar refractivity (Wildman–Crippen MR) is 36.0 cm³/mol. The SMILES string of the molecule is CCCCC#CSF. The molecule has 0 saturated heterocycles. The van der Waals surface area contributed by atoms with Gasteiger partial charge in [0.1, 0.15) is 12.1 Å². The molecule has 0 aromatic rings. The Morgan fingerprint density at radius 1 is 1.62 bits per heavy atom. The minimum Gasteiger partial charge on any atom is -0.150 e. The number of unbranched alkanes of at least 4 members (excludes halogenated alkanes) is 2. The molecular formula is C6H9FS. The quantitative estimate of drug-likeness (QED) is 0.411. The molecule has 0 aliphatic heterocycles. The summed E-state index contributed by atoms with van der Waals surface area (Å²) in [6, 6.07) is 0. The van der Waals surface area contributed by atoms with Crippen LogP contribution in [0.3, 0.4) is 0 Å². The van der Waals surface area contributed by atoms with Crippen LogP contribution in [0.1, 0.15) is 26.2 Å². The third kappa shape index (κ3) is 5.84. The minimum atomic E-state index is 0.0910. The van der Waals surface area contributed by atoms with Crippen LogP contribution in [0.2, 0.25) is 0 Å². The summed E-state index contributed by atoms with van der Waals surface area (Å²) in [7, 11) is 0. The van der Waals surface area contributed by atoms with Crippen LogP contribution >= 0.6 is 12.1 Å². The van der Waals surface area contributed by atoms with E-state index in [1.807, 2.05) is 0 Å². The van der Waals surface area contributed by atoms with Gasteiger partial charge in [-0.1, -0.05) is 19.3 Å².